The summed E-state index contributed by atoms with van der Waals surface area (Å²) in [5.41, 5.74) is -1.12. The quantitative estimate of drug-likeness (QED) is 0.430. The van der Waals surface area contributed by atoms with Gasteiger partial charge in [0.1, 0.15) is 11.4 Å². The molecule has 254 valence electrons. The Bertz CT molecular complexity index is 1730. The van der Waals surface area contributed by atoms with Crippen molar-refractivity contribution in [3.8, 4) is 0 Å². The number of hydrogen-bond donors (Lipinski definition) is 2. The highest BCUT2D eigenvalue weighted by atomic mass is 32.2. The average molecular weight is 683 g/mol. The van der Waals surface area contributed by atoms with E-state index in [9.17, 15) is 45.1 Å². The second-order valence-corrected chi connectivity index (χ2v) is 14.5. The van der Waals surface area contributed by atoms with Gasteiger partial charge < -0.3 is 15.3 Å². The molecule has 1 spiro atoms. The van der Waals surface area contributed by atoms with Gasteiger partial charge in [-0.1, -0.05) is 18.2 Å². The first-order valence-corrected chi connectivity index (χ1v) is 16.5. The summed E-state index contributed by atoms with van der Waals surface area (Å²) in [6.45, 7) is 5.99. The number of amidine groups is 1. The lowest BCUT2D eigenvalue weighted by Crippen LogP contribution is -2.50. The Hall–Kier alpha value is -3.69. The maximum atomic E-state index is 13.9. The van der Waals surface area contributed by atoms with E-state index in [-0.39, 0.29) is 43.2 Å². The first-order valence-electron chi connectivity index (χ1n) is 15.0. The third kappa shape index (κ3) is 6.83. The van der Waals surface area contributed by atoms with Crippen LogP contribution >= 0.6 is 0 Å². The van der Waals surface area contributed by atoms with E-state index < -0.39 is 44.7 Å². The van der Waals surface area contributed by atoms with E-state index in [1.54, 1.807) is 37.8 Å². The van der Waals surface area contributed by atoms with Crippen molar-refractivity contribution in [1.29, 1.82) is 0 Å². The lowest BCUT2D eigenvalue weighted by atomic mass is 9.89. The van der Waals surface area contributed by atoms with Crippen molar-refractivity contribution in [1.82, 2.24) is 14.5 Å². The van der Waals surface area contributed by atoms with Crippen molar-refractivity contribution in [3.63, 3.8) is 0 Å². The van der Waals surface area contributed by atoms with Crippen LogP contribution in [0.2, 0.25) is 0 Å². The third-order valence-electron chi connectivity index (χ3n) is 9.12. The first kappa shape index (κ1) is 34.6. The van der Waals surface area contributed by atoms with Gasteiger partial charge in [-0.3, -0.25) is 14.6 Å². The summed E-state index contributed by atoms with van der Waals surface area (Å²) in [7, 11) is -3.95. The Morgan fingerprint density at radius 3 is 2.15 bits per heavy atom. The Kier molecular flexibility index (Phi) is 8.90. The smallest absolute Gasteiger partial charge is 0.390 e. The van der Waals surface area contributed by atoms with Crippen LogP contribution in [0.3, 0.4) is 0 Å². The highest BCUT2D eigenvalue weighted by molar-refractivity contribution is 7.92. The second-order valence-electron chi connectivity index (χ2n) is 12.7. The summed E-state index contributed by atoms with van der Waals surface area (Å²) in [6, 6.07) is 6.94. The van der Waals surface area contributed by atoms with Gasteiger partial charge in [-0.2, -0.15) is 26.3 Å². The molecule has 2 aromatic carbocycles. The zero-order chi connectivity index (χ0) is 34.6. The molecule has 0 aliphatic carbocycles. The molecule has 47 heavy (non-hydrogen) atoms. The lowest BCUT2D eigenvalue weighted by molar-refractivity contribution is -0.289. The van der Waals surface area contributed by atoms with Crippen LogP contribution in [0.25, 0.3) is 6.08 Å². The monoisotopic (exact) mass is 682 g/mol. The molecule has 5 rings (SSSR count). The maximum absolute atomic E-state index is 13.9. The Morgan fingerprint density at radius 2 is 1.57 bits per heavy atom. The fourth-order valence-electron chi connectivity index (χ4n) is 6.10. The molecule has 0 saturated carbocycles. The minimum absolute atomic E-state index is 0.0331. The number of aryl methyl sites for hydroxylation is 2. The summed E-state index contributed by atoms with van der Waals surface area (Å²) in [6.07, 6.45) is -3.46. The molecule has 0 bridgehead atoms. The number of carbonyl (C=O) groups excluding carboxylic acids is 2. The molecule has 0 radical (unpaired) electrons. The topological polar surface area (TPSA) is 119 Å². The zero-order valence-corrected chi connectivity index (χ0v) is 26.8. The van der Waals surface area contributed by atoms with E-state index in [4.69, 9.17) is 0 Å². The number of aliphatic hydroxyl groups is 1. The lowest BCUT2D eigenvalue weighted by Gasteiger charge is -2.36. The predicted octanol–water partition coefficient (Wildman–Crippen LogP) is 4.66. The Morgan fingerprint density at radius 1 is 0.979 bits per heavy atom. The SMILES string of the molecule is Cc1cc(C(=O)N2CCC(C)(O)CC2)cc(C)c1C=CS(=O)(=O)N1CCC2(CC1)N=C(c1cccc(C(F)(F)C(F)(F)F)c1)NC2=O. The number of piperidine rings is 2. The molecule has 3 aliphatic heterocycles. The van der Waals surface area contributed by atoms with Gasteiger partial charge in [0, 0.05) is 48.3 Å². The largest absolute Gasteiger partial charge is 0.458 e. The molecule has 2 amide bonds. The molecule has 2 fully saturated rings. The van der Waals surface area contributed by atoms with Gasteiger partial charge in [-0.15, -0.1) is 0 Å². The van der Waals surface area contributed by atoms with Crippen molar-refractivity contribution in [3.05, 3.63) is 75.2 Å². The van der Waals surface area contributed by atoms with Gasteiger partial charge in [-0.05, 0) is 87.4 Å². The molecular formula is C32H35F5N4O5S. The number of amides is 2. The maximum Gasteiger partial charge on any atom is 0.458 e. The Labute approximate surface area is 269 Å². The van der Waals surface area contributed by atoms with E-state index in [0.29, 0.717) is 60.3 Å². The summed E-state index contributed by atoms with van der Waals surface area (Å²) >= 11 is 0. The molecule has 2 saturated heterocycles. The summed E-state index contributed by atoms with van der Waals surface area (Å²) in [5, 5.41) is 13.7. The van der Waals surface area contributed by atoms with E-state index in [2.05, 4.69) is 10.3 Å². The standard InChI is InChI=1S/C32H35F5N4O5S/c1-20-17-23(27(42)40-12-8-29(3,44)9-13-40)18-21(2)25(20)7-16-47(45,46)41-14-10-30(11-15-41)28(43)38-26(39-30)22-5-4-6-24(19-22)31(33,34)32(35,36)37/h4-7,16-19,44H,8-15H2,1-3H3,(H,38,39,43). The number of carbonyl (C=O) groups is 2. The van der Waals surface area contributed by atoms with Crippen LogP contribution in [0.5, 0.6) is 0 Å². The number of aliphatic imine (C=N–C) groups is 1. The average Bonchev–Trinajstić information content (AvgIpc) is 3.30. The van der Waals surface area contributed by atoms with Crippen LogP contribution < -0.4 is 5.32 Å². The molecular weight excluding hydrogens is 647 g/mol. The minimum Gasteiger partial charge on any atom is -0.390 e. The minimum atomic E-state index is -5.81. The van der Waals surface area contributed by atoms with Gasteiger partial charge in [-0.25, -0.2) is 8.42 Å². The summed E-state index contributed by atoms with van der Waals surface area (Å²) in [4.78, 5) is 32.1. The van der Waals surface area contributed by atoms with Crippen molar-refractivity contribution < 1.29 is 45.1 Å². The first-order chi connectivity index (χ1) is 21.7. The molecule has 15 heteroatoms. The van der Waals surface area contributed by atoms with Gasteiger partial charge in [0.15, 0.2) is 0 Å². The molecule has 2 N–H and O–H groups in total. The highest BCUT2D eigenvalue weighted by Crippen LogP contribution is 2.44. The van der Waals surface area contributed by atoms with E-state index in [1.165, 1.54) is 16.4 Å². The van der Waals surface area contributed by atoms with Crippen LogP contribution in [-0.4, -0.2) is 83.9 Å². The number of nitrogens with zero attached hydrogens (tertiary/aromatic N) is 3. The number of nitrogens with one attached hydrogen (secondary N) is 1. The highest BCUT2D eigenvalue weighted by Gasteiger charge is 2.59. The van der Waals surface area contributed by atoms with Gasteiger partial charge in [0.05, 0.1) is 5.60 Å². The van der Waals surface area contributed by atoms with Gasteiger partial charge in [0.25, 0.3) is 11.8 Å². The van der Waals surface area contributed by atoms with Crippen LogP contribution in [-0.2, 0) is 20.7 Å². The number of halogens is 5. The van der Waals surface area contributed by atoms with E-state index in [0.717, 1.165) is 11.5 Å². The number of alkyl halides is 5. The summed E-state index contributed by atoms with van der Waals surface area (Å²) in [5.74, 6) is -6.02. The molecule has 0 aromatic heterocycles. The molecule has 9 nitrogen and oxygen atoms in total. The number of sulfonamides is 1. The Balaban J connectivity index is 1.27. The van der Waals surface area contributed by atoms with Crippen LogP contribution in [0.15, 0.2) is 46.8 Å². The van der Waals surface area contributed by atoms with E-state index >= 15 is 0 Å². The second kappa shape index (κ2) is 12.1. The van der Waals surface area contributed by atoms with E-state index in [1.807, 2.05) is 0 Å². The molecule has 0 atom stereocenters. The van der Waals surface area contributed by atoms with Crippen molar-refractivity contribution in [2.75, 3.05) is 26.2 Å². The fourth-order valence-corrected chi connectivity index (χ4v) is 7.28. The molecule has 3 heterocycles. The normalized spacial score (nSPS) is 20.5. The predicted molar refractivity (Wildman–Crippen MR) is 164 cm³/mol. The van der Waals surface area contributed by atoms with Gasteiger partial charge in [0.2, 0.25) is 10.0 Å². The van der Waals surface area contributed by atoms with Crippen LogP contribution in [0.4, 0.5) is 22.0 Å². The number of likely N-dealkylation sites (tertiary alicyclic amines) is 1. The fraction of sp³-hybridized carbons (Fsp3) is 0.469. The third-order valence-corrected chi connectivity index (χ3v) is 10.7. The molecule has 0 unspecified atom stereocenters. The number of hydrogen-bond acceptors (Lipinski definition) is 6. The van der Waals surface area contributed by atoms with Crippen molar-refractivity contribution in [2.24, 2.45) is 4.99 Å². The number of rotatable bonds is 6. The molecule has 2 aromatic rings. The molecule has 3 aliphatic rings. The van der Waals surface area contributed by atoms with Crippen LogP contribution in [0, 0.1) is 13.8 Å². The zero-order valence-electron chi connectivity index (χ0n) is 26.0. The van der Waals surface area contributed by atoms with Crippen LogP contribution in [0.1, 0.15) is 70.8 Å². The van der Waals surface area contributed by atoms with Crippen molar-refractivity contribution in [2.45, 2.75) is 69.7 Å². The van der Waals surface area contributed by atoms with Gasteiger partial charge >= 0.3 is 12.1 Å². The summed E-state index contributed by atoms with van der Waals surface area (Å²) < 4.78 is 94.2. The van der Waals surface area contributed by atoms with Crippen molar-refractivity contribution >= 4 is 33.7 Å². The number of benzene rings is 2.